The van der Waals surface area contributed by atoms with Crippen molar-refractivity contribution in [2.75, 3.05) is 12.9 Å². The van der Waals surface area contributed by atoms with Crippen LogP contribution in [0.5, 0.6) is 0 Å². The summed E-state index contributed by atoms with van der Waals surface area (Å²) < 4.78 is 8.82. The summed E-state index contributed by atoms with van der Waals surface area (Å²) in [7, 11) is 1.38. The molecular formula is C18H24N4O3S. The van der Waals surface area contributed by atoms with Crippen LogP contribution in [0.25, 0.3) is 0 Å². The van der Waals surface area contributed by atoms with Crippen LogP contribution in [0.4, 0.5) is 0 Å². The van der Waals surface area contributed by atoms with Crippen molar-refractivity contribution in [1.29, 1.82) is 0 Å². The molecule has 140 valence electrons. The van der Waals surface area contributed by atoms with Crippen molar-refractivity contribution in [3.8, 4) is 0 Å². The second-order valence-electron chi connectivity index (χ2n) is 6.61. The van der Waals surface area contributed by atoms with E-state index >= 15 is 0 Å². The highest BCUT2D eigenvalue weighted by Crippen LogP contribution is 2.38. The van der Waals surface area contributed by atoms with Crippen LogP contribution >= 0.6 is 11.8 Å². The van der Waals surface area contributed by atoms with Gasteiger partial charge in [-0.15, -0.1) is 10.2 Å². The van der Waals surface area contributed by atoms with Gasteiger partial charge in [-0.05, 0) is 39.7 Å². The molecule has 0 unspecified atom stereocenters. The quantitative estimate of drug-likeness (QED) is 0.400. The smallest absolute Gasteiger partial charge is 0.307 e. The first kappa shape index (κ1) is 18.7. The molecular weight excluding hydrogens is 352 g/mol. The number of esters is 1. The van der Waals surface area contributed by atoms with Crippen LogP contribution < -0.4 is 0 Å². The molecule has 0 atom stereocenters. The Morgan fingerprint density at radius 3 is 2.65 bits per heavy atom. The number of ketones is 1. The summed E-state index contributed by atoms with van der Waals surface area (Å²) in [6, 6.07) is 2.39. The maximum atomic E-state index is 12.7. The minimum atomic E-state index is -0.254. The first-order valence-corrected chi connectivity index (χ1v) is 9.72. The Kier molecular flexibility index (Phi) is 5.50. The van der Waals surface area contributed by atoms with E-state index in [1.165, 1.54) is 18.9 Å². The van der Waals surface area contributed by atoms with Crippen molar-refractivity contribution in [3.63, 3.8) is 0 Å². The van der Waals surface area contributed by atoms with Crippen molar-refractivity contribution >= 4 is 23.5 Å². The van der Waals surface area contributed by atoms with E-state index in [0.29, 0.717) is 30.3 Å². The van der Waals surface area contributed by atoms with Crippen molar-refractivity contribution in [2.45, 2.75) is 57.8 Å². The van der Waals surface area contributed by atoms with Gasteiger partial charge in [0, 0.05) is 29.5 Å². The molecule has 1 fully saturated rings. The number of aryl methyl sites for hydroxylation is 2. The summed E-state index contributed by atoms with van der Waals surface area (Å²) in [5.41, 5.74) is 2.56. The minimum Gasteiger partial charge on any atom is -0.469 e. The maximum Gasteiger partial charge on any atom is 0.307 e. The number of hydrogen-bond donors (Lipinski definition) is 0. The second-order valence-corrected chi connectivity index (χ2v) is 7.55. The molecule has 0 N–H and O–H groups in total. The van der Waals surface area contributed by atoms with E-state index in [9.17, 15) is 9.59 Å². The van der Waals surface area contributed by atoms with Gasteiger partial charge in [0.15, 0.2) is 10.9 Å². The molecule has 7 nitrogen and oxygen atoms in total. The number of hydrogen-bond acceptors (Lipinski definition) is 6. The molecule has 0 aliphatic heterocycles. The van der Waals surface area contributed by atoms with E-state index in [1.807, 2.05) is 31.4 Å². The van der Waals surface area contributed by atoms with Gasteiger partial charge in [0.2, 0.25) is 0 Å². The molecule has 0 saturated heterocycles. The first-order valence-electron chi connectivity index (χ1n) is 8.73. The Hall–Kier alpha value is -2.09. The maximum absolute atomic E-state index is 12.7. The number of carbonyl (C=O) groups is 2. The largest absolute Gasteiger partial charge is 0.469 e. The van der Waals surface area contributed by atoms with Gasteiger partial charge in [-0.3, -0.25) is 9.59 Å². The molecule has 2 aromatic heterocycles. The Morgan fingerprint density at radius 2 is 2.00 bits per heavy atom. The Labute approximate surface area is 157 Å². The number of methoxy groups -OCH3 is 1. The van der Waals surface area contributed by atoms with Gasteiger partial charge >= 0.3 is 5.97 Å². The summed E-state index contributed by atoms with van der Waals surface area (Å²) in [6.07, 6.45) is 2.60. The van der Waals surface area contributed by atoms with Gasteiger partial charge in [0.1, 0.15) is 5.82 Å². The number of carbonyl (C=O) groups excluding carboxylic acids is 2. The number of Topliss-reactive ketones (excluding diaryl/α,β-unsaturated/α-hetero) is 1. The van der Waals surface area contributed by atoms with Crippen molar-refractivity contribution in [3.05, 3.63) is 28.8 Å². The predicted molar refractivity (Wildman–Crippen MR) is 98.6 cm³/mol. The zero-order valence-electron chi connectivity index (χ0n) is 15.6. The molecule has 0 bridgehead atoms. The molecule has 0 spiro atoms. The van der Waals surface area contributed by atoms with E-state index in [4.69, 9.17) is 4.74 Å². The van der Waals surface area contributed by atoms with Crippen LogP contribution in [0.3, 0.4) is 0 Å². The monoisotopic (exact) mass is 376 g/mol. The fraction of sp³-hybridized carbons (Fsp3) is 0.556. The second kappa shape index (κ2) is 7.65. The standard InChI is InChI=1S/C18H24N4O3S/c1-11-9-15(12(2)21(11)8-7-17(24)25-4)16(23)10-26-18-20-19-13(3)22(18)14-5-6-14/h9,14H,5-8,10H2,1-4H3. The molecule has 2 heterocycles. The third-order valence-electron chi connectivity index (χ3n) is 4.72. The molecule has 2 aromatic rings. The number of nitrogens with zero attached hydrogens (tertiary/aromatic N) is 4. The molecule has 1 aliphatic rings. The van der Waals surface area contributed by atoms with Crippen LogP contribution in [0.2, 0.25) is 0 Å². The van der Waals surface area contributed by atoms with Crippen molar-refractivity contribution in [2.24, 2.45) is 0 Å². The molecule has 0 aromatic carbocycles. The normalized spacial score (nSPS) is 13.8. The zero-order chi connectivity index (χ0) is 18.8. The first-order chi connectivity index (χ1) is 12.4. The highest BCUT2D eigenvalue weighted by atomic mass is 32.2. The van der Waals surface area contributed by atoms with Gasteiger partial charge in [-0.25, -0.2) is 0 Å². The summed E-state index contributed by atoms with van der Waals surface area (Å²) >= 11 is 1.44. The Bertz CT molecular complexity index is 836. The lowest BCUT2D eigenvalue weighted by molar-refractivity contribution is -0.140. The lowest BCUT2D eigenvalue weighted by Crippen LogP contribution is -2.11. The number of thioether (sulfide) groups is 1. The van der Waals surface area contributed by atoms with Gasteiger partial charge < -0.3 is 13.9 Å². The lowest BCUT2D eigenvalue weighted by Gasteiger charge is -2.09. The van der Waals surface area contributed by atoms with E-state index < -0.39 is 0 Å². The number of rotatable bonds is 8. The fourth-order valence-electron chi connectivity index (χ4n) is 3.14. The Morgan fingerprint density at radius 1 is 1.27 bits per heavy atom. The van der Waals surface area contributed by atoms with Gasteiger partial charge in [0.25, 0.3) is 0 Å². The van der Waals surface area contributed by atoms with E-state index in [1.54, 1.807) is 0 Å². The topological polar surface area (TPSA) is 79.0 Å². The third kappa shape index (κ3) is 3.85. The van der Waals surface area contributed by atoms with Crippen LogP contribution in [0.1, 0.15) is 52.9 Å². The van der Waals surface area contributed by atoms with Crippen LogP contribution in [0, 0.1) is 20.8 Å². The molecule has 0 radical (unpaired) electrons. The molecule has 26 heavy (non-hydrogen) atoms. The van der Waals surface area contributed by atoms with Crippen LogP contribution in [0.15, 0.2) is 11.2 Å². The van der Waals surface area contributed by atoms with Crippen molar-refractivity contribution < 1.29 is 14.3 Å². The molecule has 0 amide bonds. The van der Waals surface area contributed by atoms with Crippen LogP contribution in [-0.4, -0.2) is 43.9 Å². The fourth-order valence-corrected chi connectivity index (χ4v) is 4.08. The molecule has 1 saturated carbocycles. The molecule has 8 heteroatoms. The average molecular weight is 376 g/mol. The summed E-state index contributed by atoms with van der Waals surface area (Å²) in [5, 5.41) is 9.18. The third-order valence-corrected chi connectivity index (χ3v) is 5.66. The summed E-state index contributed by atoms with van der Waals surface area (Å²) in [5.74, 6) is 1.04. The Balaban J connectivity index is 1.67. The number of ether oxygens (including phenoxy) is 1. The average Bonchev–Trinajstić information content (AvgIpc) is 3.33. The van der Waals surface area contributed by atoms with Gasteiger partial charge in [-0.1, -0.05) is 11.8 Å². The molecule has 3 rings (SSSR count). The lowest BCUT2D eigenvalue weighted by atomic mass is 10.2. The zero-order valence-corrected chi connectivity index (χ0v) is 16.4. The summed E-state index contributed by atoms with van der Waals surface area (Å²) in [4.78, 5) is 24.1. The predicted octanol–water partition coefficient (Wildman–Crippen LogP) is 2.88. The van der Waals surface area contributed by atoms with Crippen LogP contribution in [-0.2, 0) is 16.1 Å². The highest BCUT2D eigenvalue weighted by Gasteiger charge is 2.28. The SMILES string of the molecule is COC(=O)CCn1c(C)cc(C(=O)CSc2nnc(C)n2C2CC2)c1C. The minimum absolute atomic E-state index is 0.0652. The van der Waals surface area contributed by atoms with E-state index in [2.05, 4.69) is 14.8 Å². The van der Waals surface area contributed by atoms with Gasteiger partial charge in [0.05, 0.1) is 19.3 Å². The summed E-state index contributed by atoms with van der Waals surface area (Å²) in [6.45, 7) is 6.33. The number of aromatic nitrogens is 4. The highest BCUT2D eigenvalue weighted by molar-refractivity contribution is 7.99. The van der Waals surface area contributed by atoms with E-state index in [-0.39, 0.29) is 11.8 Å². The van der Waals surface area contributed by atoms with E-state index in [0.717, 1.165) is 35.2 Å². The van der Waals surface area contributed by atoms with Crippen molar-refractivity contribution in [1.82, 2.24) is 19.3 Å². The van der Waals surface area contributed by atoms with Gasteiger partial charge in [-0.2, -0.15) is 0 Å². The molecule has 1 aliphatic carbocycles.